The molecule has 1 unspecified atom stereocenters. The van der Waals surface area contributed by atoms with Gasteiger partial charge in [0.1, 0.15) is 0 Å². The zero-order valence-electron chi connectivity index (χ0n) is 10.9. The van der Waals surface area contributed by atoms with Crippen molar-refractivity contribution in [1.82, 2.24) is 0 Å². The Morgan fingerprint density at radius 3 is 2.41 bits per heavy atom. The third-order valence-electron chi connectivity index (χ3n) is 2.82. The SMILES string of the molecule is CCC(C)(O)CNc1ccc(OC)c(OC)c1. The molecule has 0 aliphatic carbocycles. The van der Waals surface area contributed by atoms with Crippen LogP contribution < -0.4 is 14.8 Å². The molecule has 0 aromatic heterocycles. The Kier molecular flexibility index (Phi) is 4.63. The summed E-state index contributed by atoms with van der Waals surface area (Å²) in [7, 11) is 3.21. The lowest BCUT2D eigenvalue weighted by Crippen LogP contribution is -2.32. The van der Waals surface area contributed by atoms with Crippen LogP contribution in [0.2, 0.25) is 0 Å². The first-order valence-electron chi connectivity index (χ1n) is 5.70. The van der Waals surface area contributed by atoms with Crippen LogP contribution in [0, 0.1) is 0 Å². The standard InChI is InChI=1S/C13H21NO3/c1-5-13(2,15)9-14-10-6-7-11(16-3)12(8-10)17-4/h6-8,14-15H,5,9H2,1-4H3. The van der Waals surface area contributed by atoms with Gasteiger partial charge in [0, 0.05) is 18.3 Å². The van der Waals surface area contributed by atoms with Crippen LogP contribution in [-0.4, -0.2) is 31.5 Å². The van der Waals surface area contributed by atoms with Gasteiger partial charge in [-0.25, -0.2) is 0 Å². The van der Waals surface area contributed by atoms with Gasteiger partial charge in [0.05, 0.1) is 19.8 Å². The molecule has 1 rings (SSSR count). The summed E-state index contributed by atoms with van der Waals surface area (Å²) >= 11 is 0. The summed E-state index contributed by atoms with van der Waals surface area (Å²) in [6, 6.07) is 5.58. The Balaban J connectivity index is 2.73. The highest BCUT2D eigenvalue weighted by atomic mass is 16.5. The molecule has 4 nitrogen and oxygen atoms in total. The molecular formula is C13H21NO3. The zero-order valence-corrected chi connectivity index (χ0v) is 10.9. The largest absolute Gasteiger partial charge is 0.493 e. The van der Waals surface area contributed by atoms with Crippen LogP contribution in [0.15, 0.2) is 18.2 Å². The van der Waals surface area contributed by atoms with Crippen LogP contribution in [0.4, 0.5) is 5.69 Å². The Bertz CT molecular complexity index is 364. The second-order valence-corrected chi connectivity index (χ2v) is 4.27. The fraction of sp³-hybridized carbons (Fsp3) is 0.538. The van der Waals surface area contributed by atoms with E-state index in [9.17, 15) is 5.11 Å². The number of aliphatic hydroxyl groups is 1. The molecule has 0 amide bonds. The molecule has 0 heterocycles. The molecule has 1 aromatic rings. The minimum Gasteiger partial charge on any atom is -0.493 e. The molecule has 0 radical (unpaired) electrons. The monoisotopic (exact) mass is 239 g/mol. The lowest BCUT2D eigenvalue weighted by molar-refractivity contribution is 0.0697. The summed E-state index contributed by atoms with van der Waals surface area (Å²) < 4.78 is 10.4. The van der Waals surface area contributed by atoms with Crippen LogP contribution in [0.3, 0.4) is 0 Å². The van der Waals surface area contributed by atoms with Crippen molar-refractivity contribution in [3.8, 4) is 11.5 Å². The highest BCUT2D eigenvalue weighted by Gasteiger charge is 2.17. The lowest BCUT2D eigenvalue weighted by atomic mass is 10.0. The third-order valence-corrected chi connectivity index (χ3v) is 2.82. The number of methoxy groups -OCH3 is 2. The van der Waals surface area contributed by atoms with Crippen LogP contribution in [0.25, 0.3) is 0 Å². The molecule has 0 saturated heterocycles. The highest BCUT2D eigenvalue weighted by molar-refractivity contribution is 5.54. The molecule has 0 fully saturated rings. The van der Waals surface area contributed by atoms with Crippen LogP contribution in [-0.2, 0) is 0 Å². The maximum atomic E-state index is 9.89. The van der Waals surface area contributed by atoms with Gasteiger partial charge in [-0.2, -0.15) is 0 Å². The highest BCUT2D eigenvalue weighted by Crippen LogP contribution is 2.29. The summed E-state index contributed by atoms with van der Waals surface area (Å²) in [6.45, 7) is 4.26. The van der Waals surface area contributed by atoms with E-state index in [1.807, 2.05) is 25.1 Å². The molecule has 0 saturated carbocycles. The average Bonchev–Trinajstić information content (AvgIpc) is 2.36. The van der Waals surface area contributed by atoms with E-state index >= 15 is 0 Å². The second-order valence-electron chi connectivity index (χ2n) is 4.27. The molecule has 0 aliphatic rings. The van der Waals surface area contributed by atoms with Gasteiger partial charge in [0.2, 0.25) is 0 Å². The summed E-state index contributed by atoms with van der Waals surface area (Å²) in [5.74, 6) is 1.37. The first-order valence-corrected chi connectivity index (χ1v) is 5.70. The summed E-state index contributed by atoms with van der Waals surface area (Å²) in [5.41, 5.74) is 0.198. The molecule has 1 atom stereocenters. The minimum absolute atomic E-state index is 0.499. The number of ether oxygens (including phenoxy) is 2. The maximum Gasteiger partial charge on any atom is 0.162 e. The average molecular weight is 239 g/mol. The molecule has 17 heavy (non-hydrogen) atoms. The molecule has 2 N–H and O–H groups in total. The van der Waals surface area contributed by atoms with Gasteiger partial charge < -0.3 is 19.9 Å². The smallest absolute Gasteiger partial charge is 0.162 e. The van der Waals surface area contributed by atoms with E-state index in [1.165, 1.54) is 0 Å². The van der Waals surface area contributed by atoms with Crippen LogP contribution >= 0.6 is 0 Å². The van der Waals surface area contributed by atoms with Crippen molar-refractivity contribution in [1.29, 1.82) is 0 Å². The fourth-order valence-electron chi connectivity index (χ4n) is 1.36. The van der Waals surface area contributed by atoms with Gasteiger partial charge in [0.15, 0.2) is 11.5 Å². The van der Waals surface area contributed by atoms with Crippen molar-refractivity contribution in [2.45, 2.75) is 25.9 Å². The summed E-state index contributed by atoms with van der Waals surface area (Å²) in [4.78, 5) is 0. The van der Waals surface area contributed by atoms with Crippen molar-refractivity contribution in [2.24, 2.45) is 0 Å². The van der Waals surface area contributed by atoms with Gasteiger partial charge >= 0.3 is 0 Å². The zero-order chi connectivity index (χ0) is 12.9. The van der Waals surface area contributed by atoms with Crippen molar-refractivity contribution >= 4 is 5.69 Å². The fourth-order valence-corrected chi connectivity index (χ4v) is 1.36. The Hall–Kier alpha value is -1.42. The van der Waals surface area contributed by atoms with Gasteiger partial charge in [-0.05, 0) is 25.5 Å². The number of rotatable bonds is 6. The summed E-state index contributed by atoms with van der Waals surface area (Å²) in [6.07, 6.45) is 0.702. The minimum atomic E-state index is -0.701. The van der Waals surface area contributed by atoms with Crippen molar-refractivity contribution in [2.75, 3.05) is 26.1 Å². The number of hydrogen-bond acceptors (Lipinski definition) is 4. The van der Waals surface area contributed by atoms with Crippen LogP contribution in [0.5, 0.6) is 11.5 Å². The second kappa shape index (κ2) is 5.77. The Labute approximate surface area is 103 Å². The van der Waals surface area contributed by atoms with E-state index in [0.29, 0.717) is 24.5 Å². The molecule has 96 valence electrons. The first kappa shape index (κ1) is 13.6. The topological polar surface area (TPSA) is 50.7 Å². The van der Waals surface area contributed by atoms with Crippen molar-refractivity contribution in [3.05, 3.63) is 18.2 Å². The predicted molar refractivity (Wildman–Crippen MR) is 69.0 cm³/mol. The van der Waals surface area contributed by atoms with Gasteiger partial charge in [-0.3, -0.25) is 0 Å². The number of hydrogen-bond donors (Lipinski definition) is 2. The number of nitrogens with one attached hydrogen (secondary N) is 1. The molecule has 1 aromatic carbocycles. The normalized spacial score (nSPS) is 13.9. The predicted octanol–water partition coefficient (Wildman–Crippen LogP) is 2.28. The van der Waals surface area contributed by atoms with Gasteiger partial charge in [-0.1, -0.05) is 6.92 Å². The molecule has 0 aliphatic heterocycles. The van der Waals surface area contributed by atoms with Crippen LogP contribution in [0.1, 0.15) is 20.3 Å². The van der Waals surface area contributed by atoms with E-state index < -0.39 is 5.60 Å². The third kappa shape index (κ3) is 3.82. The van der Waals surface area contributed by atoms with E-state index in [0.717, 1.165) is 5.69 Å². The summed E-state index contributed by atoms with van der Waals surface area (Å²) in [5, 5.41) is 13.1. The Morgan fingerprint density at radius 2 is 1.88 bits per heavy atom. The molecular weight excluding hydrogens is 218 g/mol. The Morgan fingerprint density at radius 1 is 1.24 bits per heavy atom. The molecule has 0 spiro atoms. The van der Waals surface area contributed by atoms with Crippen molar-refractivity contribution < 1.29 is 14.6 Å². The lowest BCUT2D eigenvalue weighted by Gasteiger charge is -2.22. The van der Waals surface area contributed by atoms with Gasteiger partial charge in [0.25, 0.3) is 0 Å². The van der Waals surface area contributed by atoms with E-state index in [1.54, 1.807) is 21.1 Å². The van der Waals surface area contributed by atoms with Crippen molar-refractivity contribution in [3.63, 3.8) is 0 Å². The van der Waals surface area contributed by atoms with E-state index in [2.05, 4.69) is 5.32 Å². The maximum absolute atomic E-state index is 9.89. The first-order chi connectivity index (χ1) is 8.02. The molecule has 4 heteroatoms. The van der Waals surface area contributed by atoms with Gasteiger partial charge in [-0.15, -0.1) is 0 Å². The van der Waals surface area contributed by atoms with E-state index in [4.69, 9.17) is 9.47 Å². The number of anilines is 1. The van der Waals surface area contributed by atoms with E-state index in [-0.39, 0.29) is 0 Å². The number of benzene rings is 1. The molecule has 0 bridgehead atoms. The quantitative estimate of drug-likeness (QED) is 0.799.